The van der Waals surface area contributed by atoms with E-state index in [2.05, 4.69) is 21.0 Å². The minimum Gasteiger partial charge on any atom is -0.461 e. The molecule has 0 unspecified atom stereocenters. The molecular formula is C12H11N3OS. The second-order valence-corrected chi connectivity index (χ2v) is 4.55. The van der Waals surface area contributed by atoms with Crippen LogP contribution >= 0.6 is 11.5 Å². The molecule has 4 nitrogen and oxygen atoms in total. The number of hydrogen-bond acceptors (Lipinski definition) is 5. The van der Waals surface area contributed by atoms with Gasteiger partial charge in [0, 0.05) is 29.0 Å². The van der Waals surface area contributed by atoms with Gasteiger partial charge in [-0.15, -0.1) is 5.10 Å². The smallest absolute Gasteiger partial charge is 0.134 e. The molecule has 0 saturated carbocycles. The first-order valence-corrected chi connectivity index (χ1v) is 6.10. The van der Waals surface area contributed by atoms with Gasteiger partial charge in [-0.3, -0.25) is 0 Å². The third-order valence-electron chi connectivity index (χ3n) is 2.70. The summed E-state index contributed by atoms with van der Waals surface area (Å²) < 4.78 is 9.51. The lowest BCUT2D eigenvalue weighted by molar-refractivity contribution is 0.573. The van der Waals surface area contributed by atoms with E-state index in [4.69, 9.17) is 4.42 Å². The van der Waals surface area contributed by atoms with Crippen LogP contribution in [0.2, 0.25) is 0 Å². The van der Waals surface area contributed by atoms with Crippen molar-refractivity contribution in [3.05, 3.63) is 41.8 Å². The van der Waals surface area contributed by atoms with E-state index >= 15 is 0 Å². The molecule has 0 aliphatic carbocycles. The fraction of sp³-hybridized carbons (Fsp3) is 0.167. The van der Waals surface area contributed by atoms with Crippen LogP contribution in [0.1, 0.15) is 11.3 Å². The van der Waals surface area contributed by atoms with Gasteiger partial charge in [0.15, 0.2) is 0 Å². The largest absolute Gasteiger partial charge is 0.461 e. The highest BCUT2D eigenvalue weighted by molar-refractivity contribution is 7.09. The van der Waals surface area contributed by atoms with E-state index < -0.39 is 0 Å². The highest BCUT2D eigenvalue weighted by Crippen LogP contribution is 2.26. The molecule has 2 aromatic heterocycles. The Hall–Kier alpha value is -1.88. The molecule has 0 bridgehead atoms. The van der Waals surface area contributed by atoms with Crippen molar-refractivity contribution in [3.63, 3.8) is 0 Å². The van der Waals surface area contributed by atoms with Crippen LogP contribution in [0.15, 0.2) is 34.9 Å². The van der Waals surface area contributed by atoms with E-state index in [1.807, 2.05) is 25.1 Å². The van der Waals surface area contributed by atoms with Crippen molar-refractivity contribution in [1.82, 2.24) is 9.59 Å². The van der Waals surface area contributed by atoms with Gasteiger partial charge in [0.25, 0.3) is 0 Å². The Morgan fingerprint density at radius 1 is 1.35 bits per heavy atom. The van der Waals surface area contributed by atoms with E-state index in [9.17, 15) is 0 Å². The fourth-order valence-corrected chi connectivity index (χ4v) is 2.27. The number of nitrogens with zero attached hydrogens (tertiary/aromatic N) is 2. The van der Waals surface area contributed by atoms with Gasteiger partial charge in [-0.05, 0) is 13.0 Å². The average molecular weight is 245 g/mol. The highest BCUT2D eigenvalue weighted by Gasteiger charge is 2.10. The summed E-state index contributed by atoms with van der Waals surface area (Å²) in [5.41, 5.74) is 2.12. The van der Waals surface area contributed by atoms with Gasteiger partial charge < -0.3 is 9.73 Å². The monoisotopic (exact) mass is 245 g/mol. The zero-order chi connectivity index (χ0) is 11.7. The highest BCUT2D eigenvalue weighted by atomic mass is 32.1. The first kappa shape index (κ1) is 10.3. The van der Waals surface area contributed by atoms with Gasteiger partial charge in [0.1, 0.15) is 16.3 Å². The van der Waals surface area contributed by atoms with Gasteiger partial charge in [-0.25, -0.2) is 0 Å². The van der Waals surface area contributed by atoms with E-state index in [0.29, 0.717) is 0 Å². The number of para-hydroxylation sites is 1. The average Bonchev–Trinajstić information content (AvgIpc) is 2.93. The zero-order valence-corrected chi connectivity index (χ0v) is 10.1. The van der Waals surface area contributed by atoms with Crippen molar-refractivity contribution in [2.45, 2.75) is 13.5 Å². The van der Waals surface area contributed by atoms with Crippen LogP contribution in [-0.2, 0) is 6.54 Å². The second-order valence-electron chi connectivity index (χ2n) is 3.77. The standard InChI is InChI=1S/C12H11N3OS/c1-8-10(6-13-12-7-14-15-17-12)9-4-2-3-5-11(9)16-8/h2-5,7,13H,6H2,1H3. The molecule has 3 aromatic rings. The number of hydrogen-bond donors (Lipinski definition) is 1. The molecular weight excluding hydrogens is 234 g/mol. The minimum atomic E-state index is 0.729. The summed E-state index contributed by atoms with van der Waals surface area (Å²) in [6, 6.07) is 8.07. The van der Waals surface area contributed by atoms with E-state index in [-0.39, 0.29) is 0 Å². The first-order valence-electron chi connectivity index (χ1n) is 5.33. The Morgan fingerprint density at radius 3 is 3.06 bits per heavy atom. The van der Waals surface area contributed by atoms with Crippen molar-refractivity contribution in [2.75, 3.05) is 5.32 Å². The Morgan fingerprint density at radius 2 is 2.24 bits per heavy atom. The topological polar surface area (TPSA) is 51.0 Å². The van der Waals surface area contributed by atoms with Gasteiger partial charge in [-0.1, -0.05) is 22.7 Å². The van der Waals surface area contributed by atoms with Gasteiger partial charge >= 0.3 is 0 Å². The zero-order valence-electron chi connectivity index (χ0n) is 9.30. The number of nitrogens with one attached hydrogen (secondary N) is 1. The normalized spacial score (nSPS) is 10.9. The predicted octanol–water partition coefficient (Wildman–Crippen LogP) is 3.20. The Balaban J connectivity index is 1.92. The fourth-order valence-electron chi connectivity index (χ4n) is 1.86. The summed E-state index contributed by atoms with van der Waals surface area (Å²) in [7, 11) is 0. The van der Waals surface area contributed by atoms with Crippen LogP contribution in [0, 0.1) is 6.92 Å². The molecule has 86 valence electrons. The van der Waals surface area contributed by atoms with Crippen molar-refractivity contribution in [2.24, 2.45) is 0 Å². The number of fused-ring (bicyclic) bond motifs is 1. The third-order valence-corrected chi connectivity index (χ3v) is 3.32. The molecule has 5 heteroatoms. The van der Waals surface area contributed by atoms with Crippen molar-refractivity contribution in [1.29, 1.82) is 0 Å². The molecule has 0 aliphatic heterocycles. The molecule has 0 radical (unpaired) electrons. The second kappa shape index (κ2) is 4.18. The van der Waals surface area contributed by atoms with Crippen molar-refractivity contribution in [3.8, 4) is 0 Å². The quantitative estimate of drug-likeness (QED) is 0.769. The Bertz CT molecular complexity index is 630. The van der Waals surface area contributed by atoms with Gasteiger partial charge in [0.05, 0.1) is 6.20 Å². The maximum Gasteiger partial charge on any atom is 0.134 e. The molecule has 0 spiro atoms. The van der Waals surface area contributed by atoms with Crippen LogP contribution in [0.5, 0.6) is 0 Å². The number of anilines is 1. The Kier molecular flexibility index (Phi) is 2.53. The van der Waals surface area contributed by atoms with Crippen LogP contribution in [0.3, 0.4) is 0 Å². The summed E-state index contributed by atoms with van der Waals surface area (Å²) in [4.78, 5) is 0. The number of furan rings is 1. The molecule has 3 rings (SSSR count). The molecule has 17 heavy (non-hydrogen) atoms. The van der Waals surface area contributed by atoms with Crippen molar-refractivity contribution >= 4 is 27.5 Å². The molecule has 0 fully saturated rings. The molecule has 2 heterocycles. The van der Waals surface area contributed by atoms with Gasteiger partial charge in [0.2, 0.25) is 0 Å². The van der Waals surface area contributed by atoms with Crippen LogP contribution < -0.4 is 5.32 Å². The van der Waals surface area contributed by atoms with Crippen LogP contribution in [0.4, 0.5) is 5.00 Å². The molecule has 0 amide bonds. The van der Waals surface area contributed by atoms with E-state index in [1.54, 1.807) is 6.20 Å². The lowest BCUT2D eigenvalue weighted by Crippen LogP contribution is -1.98. The van der Waals surface area contributed by atoms with E-state index in [0.717, 1.165) is 28.3 Å². The lowest BCUT2D eigenvalue weighted by atomic mass is 10.1. The number of aryl methyl sites for hydroxylation is 1. The summed E-state index contributed by atoms with van der Waals surface area (Å²) in [5.74, 6) is 0.955. The minimum absolute atomic E-state index is 0.729. The molecule has 1 aromatic carbocycles. The number of benzene rings is 1. The molecule has 0 aliphatic rings. The summed E-state index contributed by atoms with van der Waals surface area (Å²) >= 11 is 1.35. The predicted molar refractivity (Wildman–Crippen MR) is 68.2 cm³/mol. The third kappa shape index (κ3) is 1.89. The SMILES string of the molecule is Cc1oc2ccccc2c1CNc1cnns1. The van der Waals surface area contributed by atoms with Crippen LogP contribution in [0.25, 0.3) is 11.0 Å². The van der Waals surface area contributed by atoms with E-state index in [1.165, 1.54) is 17.1 Å². The summed E-state index contributed by atoms with van der Waals surface area (Å²) in [5, 5.41) is 9.21. The first-order chi connectivity index (χ1) is 8.34. The van der Waals surface area contributed by atoms with Crippen molar-refractivity contribution < 1.29 is 4.42 Å². The number of aromatic nitrogens is 2. The molecule has 0 saturated heterocycles. The summed E-state index contributed by atoms with van der Waals surface area (Å²) in [6.07, 6.45) is 1.72. The van der Waals surface area contributed by atoms with Crippen LogP contribution in [-0.4, -0.2) is 9.59 Å². The maximum absolute atomic E-state index is 5.70. The van der Waals surface area contributed by atoms with Gasteiger partial charge in [-0.2, -0.15) is 0 Å². The lowest BCUT2D eigenvalue weighted by Gasteiger charge is -2.01. The maximum atomic E-state index is 5.70. The number of rotatable bonds is 3. The molecule has 0 atom stereocenters. The molecule has 1 N–H and O–H groups in total. The Labute approximate surface area is 102 Å². The summed E-state index contributed by atoms with van der Waals surface area (Å²) in [6.45, 7) is 2.72.